The molecule has 10 heteroatoms. The third-order valence-electron chi connectivity index (χ3n) is 7.96. The third-order valence-corrected chi connectivity index (χ3v) is 7.96. The lowest BCUT2D eigenvalue weighted by Gasteiger charge is -2.47. The van der Waals surface area contributed by atoms with Gasteiger partial charge in [-0.1, -0.05) is 36.4 Å². The molecule has 1 aliphatic heterocycles. The summed E-state index contributed by atoms with van der Waals surface area (Å²) in [5, 5.41) is 9.59. The van der Waals surface area contributed by atoms with Crippen molar-refractivity contribution in [2.45, 2.75) is 50.5 Å². The Morgan fingerprint density at radius 1 is 0.875 bits per heavy atom. The van der Waals surface area contributed by atoms with Crippen LogP contribution in [0.2, 0.25) is 0 Å². The monoisotopic (exact) mass is 567 g/mol. The lowest BCUT2D eigenvalue weighted by molar-refractivity contribution is -0.187. The molecule has 0 amide bonds. The maximum absolute atomic E-state index is 13.9. The first kappa shape index (κ1) is 29.6. The van der Waals surface area contributed by atoms with Gasteiger partial charge in [0.25, 0.3) is 0 Å². The number of carboxylic acids is 1. The minimum atomic E-state index is -4.56. The smallest absolute Gasteiger partial charge is 0.416 e. The standard InChI is InChI=1S/C30H28F7NO2/c1-18(27(39)40)20-5-12-26(25(17-20)19-3-6-22(7-4-19)29(32,33)34)28(2,21-8-10-24(31)11-9-21)38-15-13-23(14-16-38)30(35,36)37/h3-12,17-18,23H,13-16H2,1-2H3,(H,39,40). The SMILES string of the molecule is CC(C(=O)O)c1ccc(C(C)(c2ccc(F)cc2)N2CCC(C(F)(F)F)CC2)c(-c2ccc(C(F)(F)F)cc2)c1. The highest BCUT2D eigenvalue weighted by Crippen LogP contribution is 2.45. The Labute approximate surface area is 227 Å². The van der Waals surface area contributed by atoms with Crippen molar-refractivity contribution >= 4 is 5.97 Å². The summed E-state index contributed by atoms with van der Waals surface area (Å²) in [4.78, 5) is 13.6. The molecule has 3 aromatic carbocycles. The number of alkyl halides is 6. The molecule has 40 heavy (non-hydrogen) atoms. The second-order valence-electron chi connectivity index (χ2n) is 10.3. The van der Waals surface area contributed by atoms with Gasteiger partial charge in [-0.05, 0) is 97.9 Å². The number of piperidine rings is 1. The number of likely N-dealkylation sites (tertiary alicyclic amines) is 1. The Bertz CT molecular complexity index is 1340. The van der Waals surface area contributed by atoms with Gasteiger partial charge in [0.1, 0.15) is 5.82 Å². The average molecular weight is 568 g/mol. The van der Waals surface area contributed by atoms with Crippen molar-refractivity contribution in [1.82, 2.24) is 4.90 Å². The molecule has 0 aliphatic carbocycles. The number of halogens is 7. The molecule has 0 radical (unpaired) electrons. The molecule has 214 valence electrons. The zero-order chi connectivity index (χ0) is 29.5. The second kappa shape index (κ2) is 10.9. The van der Waals surface area contributed by atoms with Gasteiger partial charge in [0.15, 0.2) is 0 Å². The van der Waals surface area contributed by atoms with Crippen molar-refractivity contribution in [3.8, 4) is 11.1 Å². The van der Waals surface area contributed by atoms with Gasteiger partial charge in [0.2, 0.25) is 0 Å². The zero-order valence-corrected chi connectivity index (χ0v) is 21.8. The van der Waals surface area contributed by atoms with Crippen LogP contribution in [-0.2, 0) is 16.5 Å². The Hall–Kier alpha value is -3.40. The van der Waals surface area contributed by atoms with Crippen molar-refractivity contribution in [3.05, 3.63) is 94.8 Å². The van der Waals surface area contributed by atoms with Crippen LogP contribution in [0.25, 0.3) is 11.1 Å². The van der Waals surface area contributed by atoms with Gasteiger partial charge in [-0.2, -0.15) is 26.3 Å². The largest absolute Gasteiger partial charge is 0.481 e. The number of rotatable bonds is 6. The first-order chi connectivity index (χ1) is 18.6. The second-order valence-corrected chi connectivity index (χ2v) is 10.3. The lowest BCUT2D eigenvalue weighted by atomic mass is 9.76. The minimum Gasteiger partial charge on any atom is -0.481 e. The summed E-state index contributed by atoms with van der Waals surface area (Å²) in [5.74, 6) is -3.99. The fraction of sp³-hybridized carbons (Fsp3) is 0.367. The maximum Gasteiger partial charge on any atom is 0.416 e. The maximum atomic E-state index is 13.9. The summed E-state index contributed by atoms with van der Waals surface area (Å²) in [6, 6.07) is 14.9. The summed E-state index contributed by atoms with van der Waals surface area (Å²) < 4.78 is 94.1. The van der Waals surface area contributed by atoms with Gasteiger partial charge < -0.3 is 5.11 Å². The molecule has 1 fully saturated rings. The van der Waals surface area contributed by atoms with Crippen LogP contribution < -0.4 is 0 Å². The van der Waals surface area contributed by atoms with Crippen LogP contribution in [0.15, 0.2) is 66.7 Å². The molecular weight excluding hydrogens is 539 g/mol. The summed E-state index contributed by atoms with van der Waals surface area (Å²) in [6.07, 6.45) is -9.20. The van der Waals surface area contributed by atoms with E-state index < -0.39 is 47.1 Å². The molecule has 0 aromatic heterocycles. The predicted octanol–water partition coefficient (Wildman–Crippen LogP) is 8.24. The first-order valence-corrected chi connectivity index (χ1v) is 12.7. The fourth-order valence-electron chi connectivity index (χ4n) is 5.41. The number of hydrogen-bond acceptors (Lipinski definition) is 2. The van der Waals surface area contributed by atoms with E-state index in [0.717, 1.165) is 12.1 Å². The third kappa shape index (κ3) is 5.87. The summed E-state index contributed by atoms with van der Waals surface area (Å²) >= 11 is 0. The van der Waals surface area contributed by atoms with E-state index in [1.165, 1.54) is 43.3 Å². The molecule has 3 aromatic rings. The van der Waals surface area contributed by atoms with Crippen LogP contribution in [-0.4, -0.2) is 35.2 Å². The van der Waals surface area contributed by atoms with E-state index in [-0.39, 0.29) is 25.9 Å². The molecule has 2 unspecified atom stereocenters. The number of carboxylic acid groups (broad SMARTS) is 1. The Balaban J connectivity index is 1.91. The molecular formula is C30H28F7NO2. The van der Waals surface area contributed by atoms with E-state index in [2.05, 4.69) is 0 Å². The van der Waals surface area contributed by atoms with Gasteiger partial charge >= 0.3 is 18.3 Å². The van der Waals surface area contributed by atoms with E-state index in [1.54, 1.807) is 25.1 Å². The van der Waals surface area contributed by atoms with Gasteiger partial charge in [-0.3, -0.25) is 9.69 Å². The topological polar surface area (TPSA) is 40.5 Å². The summed E-state index contributed by atoms with van der Waals surface area (Å²) in [5.41, 5.74) is 0.363. The first-order valence-electron chi connectivity index (χ1n) is 12.7. The summed E-state index contributed by atoms with van der Waals surface area (Å²) in [7, 11) is 0. The van der Waals surface area contributed by atoms with Crippen LogP contribution in [0.5, 0.6) is 0 Å². The van der Waals surface area contributed by atoms with E-state index in [1.807, 2.05) is 4.90 Å². The van der Waals surface area contributed by atoms with Gasteiger partial charge in [-0.25, -0.2) is 4.39 Å². The highest BCUT2D eigenvalue weighted by atomic mass is 19.4. The van der Waals surface area contributed by atoms with Gasteiger partial charge in [-0.15, -0.1) is 0 Å². The number of nitrogens with zero attached hydrogens (tertiary/aromatic N) is 1. The van der Waals surface area contributed by atoms with Crippen molar-refractivity contribution in [3.63, 3.8) is 0 Å². The molecule has 1 saturated heterocycles. The Morgan fingerprint density at radius 2 is 1.43 bits per heavy atom. The molecule has 1 aliphatic rings. The highest BCUT2D eigenvalue weighted by Gasteiger charge is 2.45. The zero-order valence-electron chi connectivity index (χ0n) is 21.8. The molecule has 0 bridgehead atoms. The number of hydrogen-bond donors (Lipinski definition) is 1. The quantitative estimate of drug-likeness (QED) is 0.305. The molecule has 1 heterocycles. The van der Waals surface area contributed by atoms with Gasteiger partial charge in [0.05, 0.1) is 22.9 Å². The molecule has 1 N–H and O–H groups in total. The van der Waals surface area contributed by atoms with Crippen molar-refractivity contribution in [2.24, 2.45) is 5.92 Å². The summed E-state index contributed by atoms with van der Waals surface area (Å²) in [6.45, 7) is 3.40. The molecule has 2 atom stereocenters. The van der Waals surface area contributed by atoms with Crippen LogP contribution >= 0.6 is 0 Å². The lowest BCUT2D eigenvalue weighted by Crippen LogP contribution is -2.50. The number of aliphatic carboxylic acids is 1. The van der Waals surface area contributed by atoms with Crippen LogP contribution in [0, 0.1) is 11.7 Å². The Morgan fingerprint density at radius 3 is 1.93 bits per heavy atom. The van der Waals surface area contributed by atoms with Crippen LogP contribution in [0.4, 0.5) is 30.7 Å². The molecule has 0 spiro atoms. The van der Waals surface area contributed by atoms with Crippen LogP contribution in [0.3, 0.4) is 0 Å². The number of benzene rings is 3. The molecule has 4 rings (SSSR count). The van der Waals surface area contributed by atoms with Crippen molar-refractivity contribution in [1.29, 1.82) is 0 Å². The average Bonchev–Trinajstić information content (AvgIpc) is 2.91. The predicted molar refractivity (Wildman–Crippen MR) is 136 cm³/mol. The fourth-order valence-corrected chi connectivity index (χ4v) is 5.41. The molecule has 3 nitrogen and oxygen atoms in total. The Kier molecular flexibility index (Phi) is 8.04. The highest BCUT2D eigenvalue weighted by molar-refractivity contribution is 5.78. The van der Waals surface area contributed by atoms with Gasteiger partial charge in [0, 0.05) is 0 Å². The normalized spacial score (nSPS) is 17.8. The van der Waals surface area contributed by atoms with E-state index in [4.69, 9.17) is 0 Å². The minimum absolute atomic E-state index is 0.0672. The van der Waals surface area contributed by atoms with E-state index in [0.29, 0.717) is 27.8 Å². The van der Waals surface area contributed by atoms with Crippen molar-refractivity contribution < 1.29 is 40.6 Å². The number of carbonyl (C=O) groups is 1. The van der Waals surface area contributed by atoms with E-state index in [9.17, 15) is 40.6 Å². The molecule has 0 saturated carbocycles. The van der Waals surface area contributed by atoms with E-state index >= 15 is 0 Å². The van der Waals surface area contributed by atoms with Crippen LogP contribution in [0.1, 0.15) is 54.9 Å². The van der Waals surface area contributed by atoms with Crippen molar-refractivity contribution in [2.75, 3.05) is 13.1 Å².